The third-order valence-corrected chi connectivity index (χ3v) is 6.01. The molecule has 0 atom stereocenters. The molecular weight excluding hydrogens is 416 g/mol. The zero-order valence-corrected chi connectivity index (χ0v) is 15.5. The highest BCUT2D eigenvalue weighted by atomic mass is 79.9. The van der Waals surface area contributed by atoms with Gasteiger partial charge in [0.25, 0.3) is 5.91 Å². The van der Waals surface area contributed by atoms with Crippen molar-refractivity contribution in [2.75, 3.05) is 19.4 Å². The second-order valence-electron chi connectivity index (χ2n) is 5.04. The molecule has 1 N–H and O–H groups in total. The Bertz CT molecular complexity index is 946. The fourth-order valence-electron chi connectivity index (χ4n) is 1.87. The fourth-order valence-corrected chi connectivity index (χ4v) is 3.71. The highest BCUT2D eigenvalue weighted by molar-refractivity contribution is 9.10. The van der Waals surface area contributed by atoms with Crippen molar-refractivity contribution in [2.45, 2.75) is 4.90 Å². The van der Waals surface area contributed by atoms with Crippen LogP contribution >= 0.6 is 15.9 Å². The summed E-state index contributed by atoms with van der Waals surface area (Å²) in [5.74, 6) is -0.683. The number of carbonyl (C=O) groups excluding carboxylic acids is 1. The number of nitrogens with zero attached hydrogens (tertiary/aromatic N) is 3. The molecule has 132 valence electrons. The molecule has 1 amide bonds. The highest BCUT2D eigenvalue weighted by Crippen LogP contribution is 2.27. The SMILES string of the molecule is CN(C)S(=O)(=O)c1cc(C(=O)Nc2ccncc2[N+](=O)[O-])ccc1Br. The summed E-state index contributed by atoms with van der Waals surface area (Å²) in [6, 6.07) is 5.31. The summed E-state index contributed by atoms with van der Waals surface area (Å²) in [4.78, 5) is 26.2. The van der Waals surface area contributed by atoms with E-state index in [0.29, 0.717) is 4.47 Å². The van der Waals surface area contributed by atoms with Gasteiger partial charge in [0.15, 0.2) is 0 Å². The number of nitro groups is 1. The minimum absolute atomic E-state index is 0.0368. The van der Waals surface area contributed by atoms with Gasteiger partial charge >= 0.3 is 5.69 Å². The number of aromatic nitrogens is 1. The number of amides is 1. The van der Waals surface area contributed by atoms with E-state index in [2.05, 4.69) is 26.2 Å². The molecule has 0 fully saturated rings. The van der Waals surface area contributed by atoms with Crippen LogP contribution in [0.2, 0.25) is 0 Å². The second kappa shape index (κ2) is 7.25. The number of benzene rings is 1. The molecule has 0 radical (unpaired) electrons. The summed E-state index contributed by atoms with van der Waals surface area (Å²) < 4.78 is 25.9. The smallest absolute Gasteiger partial charge is 0.310 e. The van der Waals surface area contributed by atoms with Gasteiger partial charge in [-0.3, -0.25) is 19.9 Å². The van der Waals surface area contributed by atoms with Crippen molar-refractivity contribution in [3.63, 3.8) is 0 Å². The van der Waals surface area contributed by atoms with Crippen molar-refractivity contribution in [3.05, 3.63) is 56.8 Å². The molecule has 1 heterocycles. The lowest BCUT2D eigenvalue weighted by Crippen LogP contribution is -2.23. The second-order valence-corrected chi connectivity index (χ2v) is 8.01. The van der Waals surface area contributed by atoms with Gasteiger partial charge in [0.2, 0.25) is 10.0 Å². The van der Waals surface area contributed by atoms with Crippen molar-refractivity contribution < 1.29 is 18.1 Å². The Kier molecular flexibility index (Phi) is 5.50. The average molecular weight is 429 g/mol. The van der Waals surface area contributed by atoms with Gasteiger partial charge < -0.3 is 5.32 Å². The van der Waals surface area contributed by atoms with Gasteiger partial charge in [0.05, 0.1) is 9.82 Å². The Hall–Kier alpha value is -2.37. The molecule has 0 aliphatic rings. The topological polar surface area (TPSA) is 123 Å². The summed E-state index contributed by atoms with van der Waals surface area (Å²) in [5.41, 5.74) is -0.367. The number of hydrogen-bond donors (Lipinski definition) is 1. The van der Waals surface area contributed by atoms with Crippen LogP contribution in [-0.2, 0) is 10.0 Å². The molecule has 2 rings (SSSR count). The Morgan fingerprint density at radius 1 is 1.32 bits per heavy atom. The normalized spacial score (nSPS) is 11.4. The maximum Gasteiger partial charge on any atom is 0.310 e. The quantitative estimate of drug-likeness (QED) is 0.575. The minimum Gasteiger partial charge on any atom is -0.316 e. The van der Waals surface area contributed by atoms with Gasteiger partial charge in [-0.15, -0.1) is 0 Å². The van der Waals surface area contributed by atoms with Crippen LogP contribution in [0.4, 0.5) is 11.4 Å². The van der Waals surface area contributed by atoms with Crippen molar-refractivity contribution in [2.24, 2.45) is 0 Å². The predicted octanol–water partition coefficient (Wildman–Crippen LogP) is 2.25. The van der Waals surface area contributed by atoms with E-state index >= 15 is 0 Å². The third-order valence-electron chi connectivity index (χ3n) is 3.20. The number of anilines is 1. The first kappa shape index (κ1) is 19.0. The number of carbonyl (C=O) groups is 1. The first-order valence-corrected chi connectivity index (χ1v) is 8.99. The van der Waals surface area contributed by atoms with Crippen molar-refractivity contribution in [1.29, 1.82) is 0 Å². The van der Waals surface area contributed by atoms with E-state index in [0.717, 1.165) is 10.5 Å². The van der Waals surface area contributed by atoms with E-state index in [9.17, 15) is 23.3 Å². The molecule has 0 saturated heterocycles. The van der Waals surface area contributed by atoms with Gasteiger partial charge in [-0.05, 0) is 40.2 Å². The summed E-state index contributed by atoms with van der Waals surface area (Å²) in [6.45, 7) is 0. The maximum atomic E-state index is 12.4. The van der Waals surface area contributed by atoms with Crippen LogP contribution in [0, 0.1) is 10.1 Å². The molecule has 1 aromatic heterocycles. The predicted molar refractivity (Wildman–Crippen MR) is 93.9 cm³/mol. The zero-order chi connectivity index (χ0) is 18.8. The van der Waals surface area contributed by atoms with E-state index in [1.54, 1.807) is 0 Å². The van der Waals surface area contributed by atoms with E-state index in [1.807, 2.05) is 0 Å². The van der Waals surface area contributed by atoms with Crippen LogP contribution in [0.1, 0.15) is 10.4 Å². The molecule has 25 heavy (non-hydrogen) atoms. The Morgan fingerprint density at radius 2 is 2.00 bits per heavy atom. The molecular formula is C14H13BrN4O5S. The number of sulfonamides is 1. The van der Waals surface area contributed by atoms with Gasteiger partial charge in [0.1, 0.15) is 11.9 Å². The lowest BCUT2D eigenvalue weighted by molar-refractivity contribution is -0.384. The lowest BCUT2D eigenvalue weighted by atomic mass is 10.2. The molecule has 0 saturated carbocycles. The van der Waals surface area contributed by atoms with E-state index in [4.69, 9.17) is 0 Å². The first-order valence-electron chi connectivity index (χ1n) is 6.76. The number of halogens is 1. The molecule has 0 unspecified atom stereocenters. The number of rotatable bonds is 5. The number of pyridine rings is 1. The first-order chi connectivity index (χ1) is 11.6. The molecule has 0 spiro atoms. The third kappa shape index (κ3) is 4.00. The summed E-state index contributed by atoms with van der Waals surface area (Å²) in [7, 11) is -1.03. The van der Waals surface area contributed by atoms with Gasteiger partial charge in [-0.1, -0.05) is 0 Å². The van der Waals surface area contributed by atoms with Gasteiger partial charge in [-0.2, -0.15) is 0 Å². The van der Waals surface area contributed by atoms with Crippen molar-refractivity contribution >= 4 is 43.2 Å². The number of hydrogen-bond acceptors (Lipinski definition) is 6. The van der Waals surface area contributed by atoms with Crippen LogP contribution in [0.5, 0.6) is 0 Å². The summed E-state index contributed by atoms with van der Waals surface area (Å²) >= 11 is 3.15. The molecule has 0 bridgehead atoms. The van der Waals surface area contributed by atoms with E-state index in [-0.39, 0.29) is 21.8 Å². The minimum atomic E-state index is -3.77. The van der Waals surface area contributed by atoms with Crippen molar-refractivity contribution in [1.82, 2.24) is 9.29 Å². The monoisotopic (exact) mass is 428 g/mol. The Morgan fingerprint density at radius 3 is 2.60 bits per heavy atom. The molecule has 11 heteroatoms. The van der Waals surface area contributed by atoms with Crippen LogP contribution < -0.4 is 5.32 Å². The zero-order valence-electron chi connectivity index (χ0n) is 13.1. The number of nitrogens with one attached hydrogen (secondary N) is 1. The van der Waals surface area contributed by atoms with Gasteiger partial charge in [0, 0.05) is 30.3 Å². The largest absolute Gasteiger partial charge is 0.316 e. The summed E-state index contributed by atoms with van der Waals surface area (Å²) in [5, 5.41) is 13.4. The van der Waals surface area contributed by atoms with Crippen LogP contribution in [-0.4, -0.2) is 42.6 Å². The van der Waals surface area contributed by atoms with Crippen LogP contribution in [0.3, 0.4) is 0 Å². The lowest BCUT2D eigenvalue weighted by Gasteiger charge is -2.14. The fraction of sp³-hybridized carbons (Fsp3) is 0.143. The van der Waals surface area contributed by atoms with Crippen LogP contribution in [0.25, 0.3) is 0 Å². The molecule has 0 aliphatic carbocycles. The summed E-state index contributed by atoms with van der Waals surface area (Å²) in [6.07, 6.45) is 2.31. The van der Waals surface area contributed by atoms with E-state index in [1.165, 1.54) is 44.6 Å². The van der Waals surface area contributed by atoms with Crippen molar-refractivity contribution in [3.8, 4) is 0 Å². The average Bonchev–Trinajstić information content (AvgIpc) is 2.55. The molecule has 0 aliphatic heterocycles. The Labute approximate surface area is 152 Å². The van der Waals surface area contributed by atoms with Gasteiger partial charge in [-0.25, -0.2) is 12.7 Å². The Balaban J connectivity index is 2.41. The molecule has 9 nitrogen and oxygen atoms in total. The standard InChI is InChI=1S/C14H13BrN4O5S/c1-18(2)25(23,24)13-7-9(3-4-10(13)15)14(20)17-11-5-6-16-8-12(11)19(21)22/h3-8H,1-2H3,(H,16,17,20). The van der Waals surface area contributed by atoms with E-state index < -0.39 is 20.9 Å². The highest BCUT2D eigenvalue weighted by Gasteiger charge is 2.23. The van der Waals surface area contributed by atoms with Crippen LogP contribution in [0.15, 0.2) is 46.0 Å². The molecule has 2 aromatic rings. The molecule has 1 aromatic carbocycles. The maximum absolute atomic E-state index is 12.4.